The highest BCUT2D eigenvalue weighted by atomic mass is 16.5. The van der Waals surface area contributed by atoms with Gasteiger partial charge in [-0.1, -0.05) is 18.2 Å². The van der Waals surface area contributed by atoms with E-state index in [9.17, 15) is 40.5 Å². The molecule has 0 aliphatic carbocycles. The average Bonchev–Trinajstić information content (AvgIpc) is 2.73. The quantitative estimate of drug-likeness (QED) is 0.204. The standard InChI is InChI=1S/C21H22O9/c22-9-16-18(27)19(28)20(29)21(30-16)13-8-11(23)6-4-10(13)5-7-14(24)12-2-1-3-15(25)17(12)26/h1-8,16,18-23,25-29H,9H2/t16-,18-,19+,20-,21?/m1/s1. The van der Waals surface area contributed by atoms with E-state index in [1.807, 2.05) is 0 Å². The van der Waals surface area contributed by atoms with E-state index in [4.69, 9.17) is 4.74 Å². The van der Waals surface area contributed by atoms with E-state index < -0.39 is 54.4 Å². The van der Waals surface area contributed by atoms with E-state index in [1.54, 1.807) is 0 Å². The molecule has 9 nitrogen and oxygen atoms in total. The molecule has 5 atom stereocenters. The van der Waals surface area contributed by atoms with Gasteiger partial charge in [0.05, 0.1) is 12.2 Å². The van der Waals surface area contributed by atoms with Crippen LogP contribution in [0.5, 0.6) is 17.2 Å². The van der Waals surface area contributed by atoms with Crippen molar-refractivity contribution in [3.05, 3.63) is 59.2 Å². The van der Waals surface area contributed by atoms with E-state index in [1.165, 1.54) is 42.5 Å². The summed E-state index contributed by atoms with van der Waals surface area (Å²) in [6.45, 7) is -0.610. The number of ether oxygens (including phenoxy) is 1. The number of benzene rings is 2. The third-order valence-electron chi connectivity index (χ3n) is 4.96. The molecule has 2 aromatic carbocycles. The van der Waals surface area contributed by atoms with Gasteiger partial charge in [0.2, 0.25) is 0 Å². The van der Waals surface area contributed by atoms with E-state index in [2.05, 4.69) is 0 Å². The Hall–Kier alpha value is -2.95. The van der Waals surface area contributed by atoms with Crippen LogP contribution >= 0.6 is 0 Å². The maximum absolute atomic E-state index is 12.4. The first-order valence-corrected chi connectivity index (χ1v) is 9.11. The number of phenols is 3. The lowest BCUT2D eigenvalue weighted by Gasteiger charge is -2.40. The number of hydrogen-bond acceptors (Lipinski definition) is 9. The SMILES string of the molecule is O=C(C=Cc1ccc(O)cc1C1O[C@H](CO)[C@@H](O)[C@H](O)[C@H]1O)c1cccc(O)c1O. The van der Waals surface area contributed by atoms with Crippen LogP contribution in [0, 0.1) is 0 Å². The van der Waals surface area contributed by atoms with Gasteiger partial charge in [0.1, 0.15) is 36.3 Å². The molecule has 0 bridgehead atoms. The number of carbonyl (C=O) groups is 1. The number of allylic oxidation sites excluding steroid dienone is 1. The number of aromatic hydroxyl groups is 3. The number of rotatable bonds is 5. The number of carbonyl (C=O) groups excluding carboxylic acids is 1. The zero-order valence-electron chi connectivity index (χ0n) is 15.7. The highest BCUT2D eigenvalue weighted by molar-refractivity contribution is 6.09. The molecule has 1 aliphatic rings. The molecule has 1 heterocycles. The predicted octanol–water partition coefficient (Wildman–Crippen LogP) is 0.214. The number of aliphatic hydroxyl groups is 4. The van der Waals surface area contributed by atoms with Crippen LogP contribution in [0.4, 0.5) is 0 Å². The van der Waals surface area contributed by atoms with Gasteiger partial charge in [0.15, 0.2) is 17.3 Å². The Kier molecular flexibility index (Phi) is 6.40. The zero-order valence-corrected chi connectivity index (χ0v) is 15.7. The van der Waals surface area contributed by atoms with Gasteiger partial charge in [-0.25, -0.2) is 0 Å². The monoisotopic (exact) mass is 418 g/mol. The molecular weight excluding hydrogens is 396 g/mol. The van der Waals surface area contributed by atoms with Crippen LogP contribution in [0.15, 0.2) is 42.5 Å². The molecule has 1 aliphatic heterocycles. The van der Waals surface area contributed by atoms with Crippen molar-refractivity contribution in [1.82, 2.24) is 0 Å². The molecule has 7 N–H and O–H groups in total. The summed E-state index contributed by atoms with van der Waals surface area (Å²) in [6, 6.07) is 8.00. The van der Waals surface area contributed by atoms with Crippen LogP contribution in [-0.2, 0) is 4.74 Å². The Morgan fingerprint density at radius 2 is 1.73 bits per heavy atom. The Bertz CT molecular complexity index is 953. The molecule has 2 aromatic rings. The van der Waals surface area contributed by atoms with Crippen LogP contribution < -0.4 is 0 Å². The second-order valence-electron chi connectivity index (χ2n) is 6.93. The van der Waals surface area contributed by atoms with E-state index in [-0.39, 0.29) is 16.9 Å². The Labute approximate surface area is 171 Å². The Balaban J connectivity index is 1.95. The van der Waals surface area contributed by atoms with Gasteiger partial charge in [-0.3, -0.25) is 4.79 Å². The normalized spacial score (nSPS) is 26.7. The molecule has 30 heavy (non-hydrogen) atoms. The number of para-hydroxylation sites is 1. The number of phenolic OH excluding ortho intramolecular Hbond substituents is 3. The van der Waals surface area contributed by atoms with Crippen molar-refractivity contribution >= 4 is 11.9 Å². The fourth-order valence-corrected chi connectivity index (χ4v) is 3.30. The fourth-order valence-electron chi connectivity index (χ4n) is 3.30. The summed E-state index contributed by atoms with van der Waals surface area (Å²) in [5.74, 6) is -1.79. The minimum Gasteiger partial charge on any atom is -0.508 e. The first-order valence-electron chi connectivity index (χ1n) is 9.11. The van der Waals surface area contributed by atoms with Gasteiger partial charge < -0.3 is 40.5 Å². The molecule has 9 heteroatoms. The Morgan fingerprint density at radius 3 is 2.43 bits per heavy atom. The highest BCUT2D eigenvalue weighted by Crippen LogP contribution is 2.36. The topological polar surface area (TPSA) is 168 Å². The van der Waals surface area contributed by atoms with Crippen LogP contribution in [0.1, 0.15) is 27.6 Å². The van der Waals surface area contributed by atoms with Gasteiger partial charge >= 0.3 is 0 Å². The van der Waals surface area contributed by atoms with Crippen molar-refractivity contribution < 1.29 is 45.3 Å². The average molecular weight is 418 g/mol. The Morgan fingerprint density at radius 1 is 1.00 bits per heavy atom. The highest BCUT2D eigenvalue weighted by Gasteiger charge is 2.44. The molecule has 0 saturated carbocycles. The van der Waals surface area contributed by atoms with Gasteiger partial charge in [-0.15, -0.1) is 0 Å². The van der Waals surface area contributed by atoms with Crippen molar-refractivity contribution in [2.45, 2.75) is 30.5 Å². The molecule has 1 fully saturated rings. The summed E-state index contributed by atoms with van der Waals surface area (Å²) >= 11 is 0. The first-order chi connectivity index (χ1) is 14.2. The lowest BCUT2D eigenvalue weighted by atomic mass is 9.89. The largest absolute Gasteiger partial charge is 0.508 e. The molecule has 0 aromatic heterocycles. The van der Waals surface area contributed by atoms with Crippen molar-refractivity contribution in [2.24, 2.45) is 0 Å². The summed E-state index contributed by atoms with van der Waals surface area (Å²) in [5, 5.41) is 69.0. The molecule has 0 spiro atoms. The van der Waals surface area contributed by atoms with Crippen molar-refractivity contribution in [1.29, 1.82) is 0 Å². The molecule has 1 saturated heterocycles. The zero-order chi connectivity index (χ0) is 22.0. The van der Waals surface area contributed by atoms with E-state index in [0.717, 1.165) is 6.08 Å². The molecular formula is C21H22O9. The van der Waals surface area contributed by atoms with E-state index >= 15 is 0 Å². The fraction of sp³-hybridized carbons (Fsp3) is 0.286. The van der Waals surface area contributed by atoms with Crippen LogP contribution in [0.25, 0.3) is 6.08 Å². The van der Waals surface area contributed by atoms with Crippen molar-refractivity contribution in [2.75, 3.05) is 6.61 Å². The summed E-state index contributed by atoms with van der Waals surface area (Å²) in [5.41, 5.74) is 0.417. The predicted molar refractivity (Wildman–Crippen MR) is 104 cm³/mol. The minimum absolute atomic E-state index is 0.126. The second-order valence-corrected chi connectivity index (χ2v) is 6.93. The molecule has 0 radical (unpaired) electrons. The second kappa shape index (κ2) is 8.82. The molecule has 160 valence electrons. The van der Waals surface area contributed by atoms with Gasteiger partial charge in [-0.05, 0) is 41.5 Å². The minimum atomic E-state index is -1.61. The number of aliphatic hydroxyl groups excluding tert-OH is 4. The number of hydrogen-bond donors (Lipinski definition) is 7. The summed E-state index contributed by atoms with van der Waals surface area (Å²) in [4.78, 5) is 12.4. The van der Waals surface area contributed by atoms with Crippen LogP contribution in [0.2, 0.25) is 0 Å². The maximum atomic E-state index is 12.4. The third-order valence-corrected chi connectivity index (χ3v) is 4.96. The molecule has 1 unspecified atom stereocenters. The smallest absolute Gasteiger partial charge is 0.189 e. The number of ketones is 1. The van der Waals surface area contributed by atoms with Crippen LogP contribution in [0.3, 0.4) is 0 Å². The summed E-state index contributed by atoms with van der Waals surface area (Å²) in [6.07, 6.45) is -4.59. The third kappa shape index (κ3) is 4.16. The maximum Gasteiger partial charge on any atom is 0.189 e. The van der Waals surface area contributed by atoms with Crippen LogP contribution in [-0.4, -0.2) is 72.6 Å². The van der Waals surface area contributed by atoms with Crippen molar-refractivity contribution in [3.63, 3.8) is 0 Å². The summed E-state index contributed by atoms with van der Waals surface area (Å²) < 4.78 is 5.53. The molecule has 0 amide bonds. The molecule has 3 rings (SSSR count). The lowest BCUT2D eigenvalue weighted by Crippen LogP contribution is -2.55. The summed E-state index contributed by atoms with van der Waals surface area (Å²) in [7, 11) is 0. The van der Waals surface area contributed by atoms with Crippen molar-refractivity contribution in [3.8, 4) is 17.2 Å². The van der Waals surface area contributed by atoms with Gasteiger partial charge in [0.25, 0.3) is 0 Å². The lowest BCUT2D eigenvalue weighted by molar-refractivity contribution is -0.231. The van der Waals surface area contributed by atoms with Gasteiger partial charge in [-0.2, -0.15) is 0 Å². The first kappa shape index (κ1) is 21.8. The van der Waals surface area contributed by atoms with Gasteiger partial charge in [0, 0.05) is 0 Å². The van der Waals surface area contributed by atoms with E-state index in [0.29, 0.717) is 5.56 Å².